The molecule has 0 aromatic heterocycles. The molecule has 0 heterocycles. The van der Waals surface area contributed by atoms with Crippen LogP contribution in [0.2, 0.25) is 0 Å². The summed E-state index contributed by atoms with van der Waals surface area (Å²) in [7, 11) is 0. The maximum absolute atomic E-state index is 5.81. The van der Waals surface area contributed by atoms with Gasteiger partial charge in [-0.3, -0.25) is 0 Å². The number of rotatable bonds is 6. The maximum Gasteiger partial charge on any atom is 0.0589 e. The first kappa shape index (κ1) is 12.4. The molecule has 0 aliphatic rings. The highest BCUT2D eigenvalue weighted by molar-refractivity contribution is 7.99. The fraction of sp³-hybridized carbons (Fsp3) is 0.455. The Labute approximate surface area is 95.2 Å². The van der Waals surface area contributed by atoms with Gasteiger partial charge in [0.15, 0.2) is 0 Å². The van der Waals surface area contributed by atoms with Gasteiger partial charge < -0.3 is 16.2 Å². The zero-order valence-electron chi connectivity index (χ0n) is 9.03. The Morgan fingerprint density at radius 2 is 2.13 bits per heavy atom. The van der Waals surface area contributed by atoms with Crippen molar-refractivity contribution in [3.8, 4) is 0 Å². The van der Waals surface area contributed by atoms with E-state index in [2.05, 4.69) is 6.07 Å². The van der Waals surface area contributed by atoms with Gasteiger partial charge in [0.05, 0.1) is 13.2 Å². The van der Waals surface area contributed by atoms with Crippen LogP contribution < -0.4 is 11.5 Å². The number of hydrogen-bond donors (Lipinski definition) is 2. The van der Waals surface area contributed by atoms with Crippen LogP contribution in [0.15, 0.2) is 23.1 Å². The highest BCUT2D eigenvalue weighted by Crippen LogP contribution is 2.25. The number of nitrogen functional groups attached to an aromatic ring is 1. The van der Waals surface area contributed by atoms with Crippen LogP contribution in [-0.2, 0) is 4.74 Å². The summed E-state index contributed by atoms with van der Waals surface area (Å²) in [6.07, 6.45) is 0. The normalized spacial score (nSPS) is 10.5. The molecule has 1 rings (SSSR count). The average molecular weight is 226 g/mol. The molecule has 4 N–H and O–H groups in total. The molecule has 0 radical (unpaired) electrons. The van der Waals surface area contributed by atoms with Gasteiger partial charge in [0, 0.05) is 22.9 Å². The lowest BCUT2D eigenvalue weighted by Crippen LogP contribution is -2.09. The van der Waals surface area contributed by atoms with Crippen molar-refractivity contribution in [2.75, 3.05) is 31.2 Å². The van der Waals surface area contributed by atoms with E-state index in [-0.39, 0.29) is 0 Å². The zero-order chi connectivity index (χ0) is 11.1. The van der Waals surface area contributed by atoms with Crippen LogP contribution >= 0.6 is 11.8 Å². The molecule has 1 aromatic rings. The molecular weight excluding hydrogens is 208 g/mol. The number of thioether (sulfide) groups is 1. The Bertz CT molecular complexity index is 305. The van der Waals surface area contributed by atoms with Crippen molar-refractivity contribution in [2.24, 2.45) is 5.73 Å². The molecular formula is C11H18N2OS. The second-order valence-electron chi connectivity index (χ2n) is 3.22. The van der Waals surface area contributed by atoms with Crippen molar-refractivity contribution >= 4 is 17.4 Å². The quantitative estimate of drug-likeness (QED) is 0.440. The largest absolute Gasteiger partial charge is 0.398 e. The predicted molar refractivity (Wildman–Crippen MR) is 66.2 cm³/mol. The summed E-state index contributed by atoms with van der Waals surface area (Å²) >= 11 is 1.77. The molecule has 1 aromatic carbocycles. The molecule has 0 saturated carbocycles. The molecule has 4 heteroatoms. The van der Waals surface area contributed by atoms with Gasteiger partial charge in [-0.15, -0.1) is 11.8 Å². The van der Waals surface area contributed by atoms with E-state index in [4.69, 9.17) is 16.2 Å². The van der Waals surface area contributed by atoms with Gasteiger partial charge in [0.2, 0.25) is 0 Å². The van der Waals surface area contributed by atoms with Gasteiger partial charge in [-0.2, -0.15) is 0 Å². The minimum Gasteiger partial charge on any atom is -0.398 e. The molecule has 3 nitrogen and oxygen atoms in total. The fourth-order valence-electron chi connectivity index (χ4n) is 1.18. The van der Waals surface area contributed by atoms with Crippen molar-refractivity contribution in [1.29, 1.82) is 0 Å². The van der Waals surface area contributed by atoms with Gasteiger partial charge in [-0.05, 0) is 24.6 Å². The Morgan fingerprint density at radius 1 is 1.33 bits per heavy atom. The van der Waals surface area contributed by atoms with Gasteiger partial charge in [0.1, 0.15) is 0 Å². The van der Waals surface area contributed by atoms with Gasteiger partial charge in [-0.1, -0.05) is 6.07 Å². The molecule has 0 aliphatic heterocycles. The van der Waals surface area contributed by atoms with E-state index in [1.165, 1.54) is 4.90 Å². The lowest BCUT2D eigenvalue weighted by Gasteiger charge is -2.07. The SMILES string of the molecule is Cc1c(N)cccc1SCCOCCN. The molecule has 0 unspecified atom stereocenters. The maximum atomic E-state index is 5.81. The Kier molecular flexibility index (Phi) is 5.53. The summed E-state index contributed by atoms with van der Waals surface area (Å²) < 4.78 is 5.30. The second-order valence-corrected chi connectivity index (χ2v) is 4.36. The summed E-state index contributed by atoms with van der Waals surface area (Å²) in [5.74, 6) is 0.935. The third-order valence-corrected chi connectivity index (χ3v) is 3.20. The summed E-state index contributed by atoms with van der Waals surface area (Å²) in [6.45, 7) is 3.99. The number of anilines is 1. The highest BCUT2D eigenvalue weighted by Gasteiger charge is 2.01. The molecule has 0 saturated heterocycles. The summed E-state index contributed by atoms with van der Waals surface area (Å²) in [6, 6.07) is 5.98. The number of nitrogens with two attached hydrogens (primary N) is 2. The highest BCUT2D eigenvalue weighted by atomic mass is 32.2. The van der Waals surface area contributed by atoms with E-state index >= 15 is 0 Å². The topological polar surface area (TPSA) is 61.3 Å². The van der Waals surface area contributed by atoms with Crippen molar-refractivity contribution in [3.05, 3.63) is 23.8 Å². The minimum atomic E-state index is 0.585. The van der Waals surface area contributed by atoms with Crippen molar-refractivity contribution in [3.63, 3.8) is 0 Å². The van der Waals surface area contributed by atoms with E-state index in [0.717, 1.165) is 23.6 Å². The van der Waals surface area contributed by atoms with Gasteiger partial charge in [0.25, 0.3) is 0 Å². The monoisotopic (exact) mass is 226 g/mol. The lowest BCUT2D eigenvalue weighted by atomic mass is 10.2. The summed E-state index contributed by atoms with van der Waals surface area (Å²) in [5, 5.41) is 0. The molecule has 0 bridgehead atoms. The van der Waals surface area contributed by atoms with Crippen LogP contribution in [-0.4, -0.2) is 25.5 Å². The van der Waals surface area contributed by atoms with E-state index in [9.17, 15) is 0 Å². The standard InChI is InChI=1S/C11H18N2OS/c1-9-10(13)3-2-4-11(9)15-8-7-14-6-5-12/h2-4H,5-8,12-13H2,1H3. The predicted octanol–water partition coefficient (Wildman–Crippen LogP) is 1.64. The number of benzene rings is 1. The minimum absolute atomic E-state index is 0.585. The van der Waals surface area contributed by atoms with Crippen LogP contribution in [0, 0.1) is 6.92 Å². The zero-order valence-corrected chi connectivity index (χ0v) is 9.85. The van der Waals surface area contributed by atoms with Crippen LogP contribution in [0.3, 0.4) is 0 Å². The molecule has 0 amide bonds. The van der Waals surface area contributed by atoms with Crippen molar-refractivity contribution in [1.82, 2.24) is 0 Å². The molecule has 0 spiro atoms. The number of hydrogen-bond acceptors (Lipinski definition) is 4. The van der Waals surface area contributed by atoms with Crippen LogP contribution in [0.25, 0.3) is 0 Å². The molecule has 0 atom stereocenters. The third kappa shape index (κ3) is 4.11. The fourth-order valence-corrected chi connectivity index (χ4v) is 2.11. The van der Waals surface area contributed by atoms with Gasteiger partial charge >= 0.3 is 0 Å². The van der Waals surface area contributed by atoms with Crippen LogP contribution in [0.1, 0.15) is 5.56 Å². The average Bonchev–Trinajstić information content (AvgIpc) is 2.24. The Balaban J connectivity index is 2.34. The van der Waals surface area contributed by atoms with E-state index in [1.807, 2.05) is 19.1 Å². The summed E-state index contributed by atoms with van der Waals surface area (Å²) in [4.78, 5) is 1.23. The summed E-state index contributed by atoms with van der Waals surface area (Å²) in [5.41, 5.74) is 13.1. The first-order valence-corrected chi connectivity index (χ1v) is 6.00. The molecule has 15 heavy (non-hydrogen) atoms. The molecule has 84 valence electrons. The second kappa shape index (κ2) is 6.71. The Morgan fingerprint density at radius 3 is 2.87 bits per heavy atom. The van der Waals surface area contributed by atoms with Crippen LogP contribution in [0.4, 0.5) is 5.69 Å². The van der Waals surface area contributed by atoms with Crippen molar-refractivity contribution in [2.45, 2.75) is 11.8 Å². The van der Waals surface area contributed by atoms with Crippen molar-refractivity contribution < 1.29 is 4.74 Å². The molecule has 0 aliphatic carbocycles. The van der Waals surface area contributed by atoms with E-state index in [0.29, 0.717) is 13.2 Å². The smallest absolute Gasteiger partial charge is 0.0589 e. The third-order valence-electron chi connectivity index (χ3n) is 2.07. The Hall–Kier alpha value is -0.710. The lowest BCUT2D eigenvalue weighted by molar-refractivity contribution is 0.158. The van der Waals surface area contributed by atoms with Crippen LogP contribution in [0.5, 0.6) is 0 Å². The van der Waals surface area contributed by atoms with E-state index in [1.54, 1.807) is 11.8 Å². The van der Waals surface area contributed by atoms with E-state index < -0.39 is 0 Å². The first-order chi connectivity index (χ1) is 7.25. The number of ether oxygens (including phenoxy) is 1. The first-order valence-electron chi connectivity index (χ1n) is 5.01. The molecule has 0 fully saturated rings. The van der Waals surface area contributed by atoms with Gasteiger partial charge in [-0.25, -0.2) is 0 Å².